The number of anilines is 2. The molecule has 0 saturated carbocycles. The summed E-state index contributed by atoms with van der Waals surface area (Å²) in [6, 6.07) is 6.13. The molecule has 3 rings (SSSR count). The first-order valence-electron chi connectivity index (χ1n) is 6.92. The van der Waals surface area contributed by atoms with Gasteiger partial charge in [-0.2, -0.15) is 0 Å². The third-order valence-electron chi connectivity index (χ3n) is 3.98. The van der Waals surface area contributed by atoms with Crippen LogP contribution in [0.15, 0.2) is 28.9 Å². The summed E-state index contributed by atoms with van der Waals surface area (Å²) in [4.78, 5) is 6.81. The highest BCUT2D eigenvalue weighted by atomic mass is 79.9. The summed E-state index contributed by atoms with van der Waals surface area (Å²) >= 11 is 3.44. The molecule has 1 saturated heterocycles. The number of benzene rings is 1. The molecule has 0 radical (unpaired) electrons. The first kappa shape index (κ1) is 13.6. The number of aliphatic hydroxyl groups is 1. The van der Waals surface area contributed by atoms with Crippen molar-refractivity contribution in [3.63, 3.8) is 0 Å². The average Bonchev–Trinajstić information content (AvgIpc) is 2.48. The highest BCUT2D eigenvalue weighted by Crippen LogP contribution is 2.34. The van der Waals surface area contributed by atoms with E-state index in [1.54, 1.807) is 6.20 Å². The number of piperidine rings is 1. The molecule has 1 unspecified atom stereocenters. The molecule has 2 aromatic rings. The van der Waals surface area contributed by atoms with Crippen molar-refractivity contribution >= 4 is 38.2 Å². The molecule has 2 heterocycles. The fourth-order valence-electron chi connectivity index (χ4n) is 2.94. The lowest BCUT2D eigenvalue weighted by molar-refractivity contribution is 0.240. The molecule has 5 heteroatoms. The number of pyridine rings is 1. The second kappa shape index (κ2) is 5.58. The van der Waals surface area contributed by atoms with Gasteiger partial charge in [-0.05, 0) is 53.4 Å². The number of nitrogen functional groups attached to an aromatic ring is 1. The van der Waals surface area contributed by atoms with E-state index < -0.39 is 0 Å². The first-order chi connectivity index (χ1) is 9.70. The molecule has 1 aliphatic heterocycles. The molecule has 4 nitrogen and oxygen atoms in total. The number of hydrogen-bond donors (Lipinski definition) is 2. The van der Waals surface area contributed by atoms with Crippen molar-refractivity contribution in [3.8, 4) is 0 Å². The van der Waals surface area contributed by atoms with E-state index in [4.69, 9.17) is 5.73 Å². The number of nitrogens with zero attached hydrogens (tertiary/aromatic N) is 2. The maximum atomic E-state index is 9.60. The minimum Gasteiger partial charge on any atom is -0.398 e. The molecule has 1 aromatic heterocycles. The van der Waals surface area contributed by atoms with Crippen LogP contribution in [0.3, 0.4) is 0 Å². The summed E-state index contributed by atoms with van der Waals surface area (Å²) in [6.07, 6.45) is 5.15. The Morgan fingerprint density at radius 1 is 1.40 bits per heavy atom. The Morgan fingerprint density at radius 2 is 2.25 bits per heavy atom. The molecule has 0 bridgehead atoms. The van der Waals surface area contributed by atoms with E-state index in [9.17, 15) is 5.11 Å². The van der Waals surface area contributed by atoms with Crippen LogP contribution in [0.5, 0.6) is 0 Å². The zero-order valence-corrected chi connectivity index (χ0v) is 12.8. The standard InChI is InChI=1S/C15H18BrN3O/c16-10-7-12-13(17)4-5-14(15(12)18-8-10)19-6-2-1-3-11(19)9-20/h4-5,7-8,11,20H,1-3,6,9,17H2. The number of nitrogens with two attached hydrogens (primary N) is 1. The van der Waals surface area contributed by atoms with Crippen molar-refractivity contribution in [2.75, 3.05) is 23.8 Å². The molecule has 3 N–H and O–H groups in total. The number of aromatic nitrogens is 1. The van der Waals surface area contributed by atoms with Crippen LogP contribution in [-0.2, 0) is 0 Å². The number of halogens is 1. The van der Waals surface area contributed by atoms with Gasteiger partial charge in [-0.1, -0.05) is 0 Å². The molecule has 1 atom stereocenters. The molecule has 1 aliphatic rings. The van der Waals surface area contributed by atoms with Crippen LogP contribution in [0.4, 0.5) is 11.4 Å². The van der Waals surface area contributed by atoms with Gasteiger partial charge in [0.1, 0.15) is 0 Å². The third-order valence-corrected chi connectivity index (χ3v) is 4.41. The summed E-state index contributed by atoms with van der Waals surface area (Å²) in [5.41, 5.74) is 8.77. The van der Waals surface area contributed by atoms with Crippen LogP contribution in [0, 0.1) is 0 Å². The summed E-state index contributed by atoms with van der Waals surface area (Å²) < 4.78 is 0.922. The maximum absolute atomic E-state index is 9.60. The summed E-state index contributed by atoms with van der Waals surface area (Å²) in [6.45, 7) is 1.14. The Labute approximate surface area is 126 Å². The number of rotatable bonds is 2. The van der Waals surface area contributed by atoms with E-state index in [-0.39, 0.29) is 12.6 Å². The Morgan fingerprint density at radius 3 is 3.05 bits per heavy atom. The van der Waals surface area contributed by atoms with Crippen LogP contribution in [0.1, 0.15) is 19.3 Å². The minimum absolute atomic E-state index is 0.182. The van der Waals surface area contributed by atoms with Crippen LogP contribution < -0.4 is 10.6 Å². The molecule has 1 aromatic carbocycles. The maximum Gasteiger partial charge on any atom is 0.0956 e. The van der Waals surface area contributed by atoms with Gasteiger partial charge in [0.25, 0.3) is 0 Å². The zero-order chi connectivity index (χ0) is 14.1. The molecular weight excluding hydrogens is 318 g/mol. The SMILES string of the molecule is Nc1ccc(N2CCCCC2CO)c2ncc(Br)cc12. The van der Waals surface area contributed by atoms with Crippen molar-refractivity contribution in [1.29, 1.82) is 0 Å². The van der Waals surface area contributed by atoms with Crippen LogP contribution in [0.2, 0.25) is 0 Å². The largest absolute Gasteiger partial charge is 0.398 e. The predicted molar refractivity (Wildman–Crippen MR) is 85.9 cm³/mol. The van der Waals surface area contributed by atoms with Crippen molar-refractivity contribution in [1.82, 2.24) is 4.98 Å². The van der Waals surface area contributed by atoms with E-state index in [1.807, 2.05) is 18.2 Å². The van der Waals surface area contributed by atoms with Crippen molar-refractivity contribution in [3.05, 3.63) is 28.9 Å². The molecule has 106 valence electrons. The van der Waals surface area contributed by atoms with Gasteiger partial charge in [-0.3, -0.25) is 4.98 Å². The zero-order valence-electron chi connectivity index (χ0n) is 11.2. The van der Waals surface area contributed by atoms with E-state index in [0.717, 1.165) is 46.1 Å². The minimum atomic E-state index is 0.182. The Bertz CT molecular complexity index is 632. The van der Waals surface area contributed by atoms with Gasteiger partial charge < -0.3 is 15.7 Å². The fourth-order valence-corrected chi connectivity index (χ4v) is 3.27. The predicted octanol–water partition coefficient (Wildman–Crippen LogP) is 2.93. The van der Waals surface area contributed by atoms with Crippen molar-refractivity contribution < 1.29 is 5.11 Å². The van der Waals surface area contributed by atoms with Crippen LogP contribution in [0.25, 0.3) is 10.9 Å². The smallest absolute Gasteiger partial charge is 0.0956 e. The van der Waals surface area contributed by atoms with Crippen LogP contribution in [-0.4, -0.2) is 29.3 Å². The van der Waals surface area contributed by atoms with Crippen molar-refractivity contribution in [2.45, 2.75) is 25.3 Å². The van der Waals surface area contributed by atoms with Gasteiger partial charge in [-0.15, -0.1) is 0 Å². The van der Waals surface area contributed by atoms with E-state index in [1.165, 1.54) is 6.42 Å². The highest BCUT2D eigenvalue weighted by molar-refractivity contribution is 9.10. The third kappa shape index (κ3) is 2.36. The van der Waals surface area contributed by atoms with E-state index in [0.29, 0.717) is 0 Å². The highest BCUT2D eigenvalue weighted by Gasteiger charge is 2.24. The summed E-state index contributed by atoms with van der Waals surface area (Å²) in [5, 5.41) is 10.6. The topological polar surface area (TPSA) is 62.4 Å². The first-order valence-corrected chi connectivity index (χ1v) is 7.71. The second-order valence-electron chi connectivity index (χ2n) is 5.25. The molecule has 20 heavy (non-hydrogen) atoms. The normalized spacial score (nSPS) is 19.5. The molecule has 0 aliphatic carbocycles. The van der Waals surface area contributed by atoms with Gasteiger partial charge in [-0.25, -0.2) is 0 Å². The average molecular weight is 336 g/mol. The number of hydrogen-bond acceptors (Lipinski definition) is 4. The number of aliphatic hydroxyl groups excluding tert-OH is 1. The monoisotopic (exact) mass is 335 g/mol. The van der Waals surface area contributed by atoms with E-state index in [2.05, 4.69) is 25.8 Å². The van der Waals surface area contributed by atoms with E-state index >= 15 is 0 Å². The molecule has 0 amide bonds. The van der Waals surface area contributed by atoms with Crippen LogP contribution >= 0.6 is 15.9 Å². The van der Waals surface area contributed by atoms with Crippen molar-refractivity contribution in [2.24, 2.45) is 0 Å². The molecular formula is C15H18BrN3O. The lowest BCUT2D eigenvalue weighted by atomic mass is 10.0. The summed E-state index contributed by atoms with van der Waals surface area (Å²) in [5.74, 6) is 0. The Hall–Kier alpha value is -1.33. The fraction of sp³-hybridized carbons (Fsp3) is 0.400. The second-order valence-corrected chi connectivity index (χ2v) is 6.16. The molecule has 0 spiro atoms. The summed E-state index contributed by atoms with van der Waals surface area (Å²) in [7, 11) is 0. The Kier molecular flexibility index (Phi) is 3.81. The lowest BCUT2D eigenvalue weighted by Crippen LogP contribution is -2.42. The van der Waals surface area contributed by atoms with Gasteiger partial charge in [0, 0.05) is 28.3 Å². The van der Waals surface area contributed by atoms with Gasteiger partial charge in [0.05, 0.1) is 23.9 Å². The lowest BCUT2D eigenvalue weighted by Gasteiger charge is -2.37. The Balaban J connectivity index is 2.13. The van der Waals surface area contributed by atoms with Gasteiger partial charge >= 0.3 is 0 Å². The number of fused-ring (bicyclic) bond motifs is 1. The van der Waals surface area contributed by atoms with Gasteiger partial charge in [0.15, 0.2) is 0 Å². The van der Waals surface area contributed by atoms with Gasteiger partial charge in [0.2, 0.25) is 0 Å². The quantitative estimate of drug-likeness (QED) is 0.828. The molecule has 1 fully saturated rings.